The molecule has 0 aliphatic heterocycles. The van der Waals surface area contributed by atoms with Crippen molar-refractivity contribution in [3.63, 3.8) is 0 Å². The summed E-state index contributed by atoms with van der Waals surface area (Å²) in [4.78, 5) is 21.4. The smallest absolute Gasteiger partial charge is 0.384 e. The van der Waals surface area contributed by atoms with Crippen LogP contribution in [0.3, 0.4) is 0 Å². The summed E-state index contributed by atoms with van der Waals surface area (Å²) in [7, 11) is -4.97. The molecule has 2 aromatic carbocycles. The normalized spacial score (nSPS) is 11.7. The van der Waals surface area contributed by atoms with E-state index in [1.54, 1.807) is 48.5 Å². The van der Waals surface area contributed by atoms with Crippen LogP contribution in [0, 0.1) is 0 Å². The quantitative estimate of drug-likeness (QED) is 0.512. The van der Waals surface area contributed by atoms with Gasteiger partial charge in [-0.3, -0.25) is 9.59 Å². The van der Waals surface area contributed by atoms with Crippen molar-refractivity contribution in [1.82, 2.24) is 0 Å². The molecule has 0 saturated carbocycles. The average molecular weight is 375 g/mol. The van der Waals surface area contributed by atoms with Gasteiger partial charge in [0.25, 0.3) is 0 Å². The molecule has 0 aliphatic rings. The zero-order chi connectivity index (χ0) is 18.5. The number of carbonyl (C=O) groups is 2. The zero-order valence-corrected chi connectivity index (χ0v) is 16.8. The first-order chi connectivity index (χ1) is 11.7. The Kier molecular flexibility index (Phi) is 5.94. The topological polar surface area (TPSA) is 61.8 Å². The number of benzene rings is 2. The summed E-state index contributed by atoms with van der Waals surface area (Å²) in [6.45, 7) is 7.81. The van der Waals surface area contributed by atoms with Crippen LogP contribution >= 0.6 is 0 Å². The van der Waals surface area contributed by atoms with Gasteiger partial charge in [-0.05, 0) is 74.7 Å². The Morgan fingerprint density at radius 2 is 0.960 bits per heavy atom. The van der Waals surface area contributed by atoms with E-state index < -0.39 is 17.1 Å². The fourth-order valence-electron chi connectivity index (χ4n) is 2.43. The van der Waals surface area contributed by atoms with E-state index in [4.69, 9.17) is 13.0 Å². The van der Waals surface area contributed by atoms with E-state index in [1.165, 1.54) is 0 Å². The van der Waals surface area contributed by atoms with Crippen molar-refractivity contribution in [3.8, 4) is 11.5 Å². The minimum atomic E-state index is -2.49. The van der Waals surface area contributed by atoms with Crippen LogP contribution < -0.4 is 8.85 Å². The van der Waals surface area contributed by atoms with Crippen LogP contribution in [0.15, 0.2) is 48.5 Å². The fourth-order valence-corrected chi connectivity index (χ4v) is 8.91. The lowest BCUT2D eigenvalue weighted by atomic mass is 10.2. The Bertz CT molecular complexity index is 661. The molecular formula is C18H22O5Si2. The minimum absolute atomic E-state index is 0.601. The van der Waals surface area contributed by atoms with Crippen molar-refractivity contribution < 1.29 is 22.6 Å². The van der Waals surface area contributed by atoms with Crippen LogP contribution in [0.4, 0.5) is 0 Å². The summed E-state index contributed by atoms with van der Waals surface area (Å²) in [5, 5.41) is 0. The summed E-state index contributed by atoms with van der Waals surface area (Å²) in [5.41, 5.74) is 1.20. The molecule has 0 fully saturated rings. The van der Waals surface area contributed by atoms with Gasteiger partial charge in [-0.25, -0.2) is 0 Å². The average Bonchev–Trinajstić information content (AvgIpc) is 2.54. The van der Waals surface area contributed by atoms with Gasteiger partial charge in [0.05, 0.1) is 0 Å². The molecule has 132 valence electrons. The predicted molar refractivity (Wildman–Crippen MR) is 101 cm³/mol. The summed E-state index contributed by atoms with van der Waals surface area (Å²) < 4.78 is 18.3. The molecule has 0 unspecified atom stereocenters. The highest BCUT2D eigenvalue weighted by Gasteiger charge is 2.39. The van der Waals surface area contributed by atoms with E-state index >= 15 is 0 Å². The second kappa shape index (κ2) is 7.77. The van der Waals surface area contributed by atoms with Crippen LogP contribution in [0.2, 0.25) is 26.2 Å². The fraction of sp³-hybridized carbons (Fsp3) is 0.222. The monoisotopic (exact) mass is 374 g/mol. The van der Waals surface area contributed by atoms with Crippen LogP contribution in [0.25, 0.3) is 0 Å². The highest BCUT2D eigenvalue weighted by Crippen LogP contribution is 2.23. The number of aldehydes is 2. The van der Waals surface area contributed by atoms with E-state index in [2.05, 4.69) is 0 Å². The third kappa shape index (κ3) is 5.97. The van der Waals surface area contributed by atoms with Crippen molar-refractivity contribution in [2.75, 3.05) is 0 Å². The molecular weight excluding hydrogens is 352 g/mol. The molecule has 0 amide bonds. The van der Waals surface area contributed by atoms with Gasteiger partial charge in [-0.2, -0.15) is 0 Å². The molecule has 25 heavy (non-hydrogen) atoms. The van der Waals surface area contributed by atoms with Gasteiger partial charge in [-0.15, -0.1) is 0 Å². The lowest BCUT2D eigenvalue weighted by Crippen LogP contribution is -2.52. The molecule has 2 rings (SSSR count). The third-order valence-corrected chi connectivity index (χ3v) is 8.64. The van der Waals surface area contributed by atoms with Crippen molar-refractivity contribution in [1.29, 1.82) is 0 Å². The van der Waals surface area contributed by atoms with E-state index in [-0.39, 0.29) is 0 Å². The molecule has 7 heteroatoms. The first-order valence-electron chi connectivity index (χ1n) is 7.92. The predicted octanol–water partition coefficient (Wildman–Crippen LogP) is 4.19. The molecule has 0 aliphatic carbocycles. The second-order valence-electron chi connectivity index (χ2n) is 6.48. The van der Waals surface area contributed by atoms with E-state index in [1.807, 2.05) is 26.2 Å². The Morgan fingerprint density at radius 1 is 0.640 bits per heavy atom. The minimum Gasteiger partial charge on any atom is -0.521 e. The molecule has 5 nitrogen and oxygen atoms in total. The highest BCUT2D eigenvalue weighted by atomic mass is 28.5. The molecule has 0 atom stereocenters. The third-order valence-electron chi connectivity index (χ3n) is 3.25. The molecule has 0 heterocycles. The van der Waals surface area contributed by atoms with Gasteiger partial charge in [-0.1, -0.05) is 0 Å². The van der Waals surface area contributed by atoms with Crippen molar-refractivity contribution in [2.24, 2.45) is 0 Å². The second-order valence-corrected chi connectivity index (χ2v) is 13.3. The first kappa shape index (κ1) is 19.1. The number of hydrogen-bond acceptors (Lipinski definition) is 5. The van der Waals surface area contributed by atoms with Crippen LogP contribution in [-0.2, 0) is 4.12 Å². The van der Waals surface area contributed by atoms with Crippen molar-refractivity contribution in [3.05, 3.63) is 59.7 Å². The Morgan fingerprint density at radius 3 is 1.24 bits per heavy atom. The van der Waals surface area contributed by atoms with Gasteiger partial charge in [0.15, 0.2) is 0 Å². The molecule has 0 bridgehead atoms. The number of hydrogen-bond donors (Lipinski definition) is 0. The summed E-state index contributed by atoms with van der Waals surface area (Å²) >= 11 is 0. The SMILES string of the molecule is C[Si](C)(Oc1ccc(C=O)cc1)O[Si](C)(C)Oc1ccc(C=O)cc1. The maximum absolute atomic E-state index is 10.7. The molecule has 0 saturated heterocycles. The lowest BCUT2D eigenvalue weighted by Gasteiger charge is -2.33. The van der Waals surface area contributed by atoms with Gasteiger partial charge >= 0.3 is 17.1 Å². The maximum atomic E-state index is 10.7. The van der Waals surface area contributed by atoms with Gasteiger partial charge in [0.1, 0.15) is 24.1 Å². The Balaban J connectivity index is 2.02. The molecule has 2 aromatic rings. The lowest BCUT2D eigenvalue weighted by molar-refractivity contribution is 0.111. The van der Waals surface area contributed by atoms with Crippen LogP contribution in [0.1, 0.15) is 20.7 Å². The summed E-state index contributed by atoms with van der Waals surface area (Å²) in [6.07, 6.45) is 1.59. The van der Waals surface area contributed by atoms with Gasteiger partial charge in [0, 0.05) is 11.1 Å². The van der Waals surface area contributed by atoms with E-state index in [9.17, 15) is 9.59 Å². The van der Waals surface area contributed by atoms with Gasteiger partial charge < -0.3 is 13.0 Å². The maximum Gasteiger partial charge on any atom is 0.384 e. The van der Waals surface area contributed by atoms with Crippen LogP contribution in [0.5, 0.6) is 11.5 Å². The standard InChI is InChI=1S/C18H22O5Si2/c1-24(2,21-17-9-5-15(13-19)6-10-17)23-25(3,4)22-18-11-7-16(14-20)8-12-18/h5-14H,1-4H3. The van der Waals surface area contributed by atoms with Crippen LogP contribution in [-0.4, -0.2) is 29.7 Å². The van der Waals surface area contributed by atoms with E-state index in [0.29, 0.717) is 22.6 Å². The van der Waals surface area contributed by atoms with Crippen molar-refractivity contribution in [2.45, 2.75) is 26.2 Å². The van der Waals surface area contributed by atoms with Gasteiger partial charge in [0.2, 0.25) is 0 Å². The van der Waals surface area contributed by atoms with Crippen molar-refractivity contribution >= 4 is 29.7 Å². The molecule has 0 spiro atoms. The zero-order valence-electron chi connectivity index (χ0n) is 14.8. The largest absolute Gasteiger partial charge is 0.521 e. The summed E-state index contributed by atoms with van der Waals surface area (Å²) in [6, 6.07) is 13.9. The summed E-state index contributed by atoms with van der Waals surface area (Å²) in [5.74, 6) is 1.34. The molecule has 0 aromatic heterocycles. The first-order valence-corrected chi connectivity index (χ1v) is 13.5. The Labute approximate surface area is 150 Å². The molecule has 0 N–H and O–H groups in total. The van der Waals surface area contributed by atoms with E-state index in [0.717, 1.165) is 12.6 Å². The number of carbonyl (C=O) groups excluding carboxylic acids is 2. The highest BCUT2D eigenvalue weighted by molar-refractivity contribution is 6.79. The number of rotatable bonds is 8. The molecule has 0 radical (unpaired) electrons. The Hall–Kier alpha value is -2.23.